The highest BCUT2D eigenvalue weighted by Crippen LogP contribution is 2.25. The first-order valence-electron chi connectivity index (χ1n) is 8.18. The van der Waals surface area contributed by atoms with Crippen LogP contribution in [0.5, 0.6) is 0 Å². The van der Waals surface area contributed by atoms with Gasteiger partial charge in [-0.05, 0) is 45.0 Å². The third kappa shape index (κ3) is 5.87. The van der Waals surface area contributed by atoms with Crippen LogP contribution >= 0.6 is 23.2 Å². The summed E-state index contributed by atoms with van der Waals surface area (Å²) in [6.45, 7) is 7.09. The predicted molar refractivity (Wildman–Crippen MR) is 104 cm³/mol. The molecule has 2 amide bonds. The smallest absolute Gasteiger partial charge is 0.238 e. The summed E-state index contributed by atoms with van der Waals surface area (Å²) in [4.78, 5) is 26.2. The second-order valence-corrected chi connectivity index (χ2v) is 7.54. The van der Waals surface area contributed by atoms with Crippen molar-refractivity contribution in [1.82, 2.24) is 10.2 Å². The first-order chi connectivity index (χ1) is 12.0. The van der Waals surface area contributed by atoms with Crippen LogP contribution in [0.1, 0.15) is 27.7 Å². The summed E-state index contributed by atoms with van der Waals surface area (Å²) in [7, 11) is 1.66. The zero-order valence-electron chi connectivity index (χ0n) is 15.6. The van der Waals surface area contributed by atoms with E-state index < -0.39 is 11.6 Å². The van der Waals surface area contributed by atoms with Crippen LogP contribution in [-0.2, 0) is 9.59 Å². The maximum absolute atomic E-state index is 12.4. The van der Waals surface area contributed by atoms with Crippen molar-refractivity contribution >= 4 is 40.7 Å². The van der Waals surface area contributed by atoms with Crippen LogP contribution < -0.4 is 10.6 Å². The van der Waals surface area contributed by atoms with Crippen molar-refractivity contribution in [3.05, 3.63) is 28.2 Å². The van der Waals surface area contributed by atoms with Crippen molar-refractivity contribution in [3.8, 4) is 6.07 Å². The summed E-state index contributed by atoms with van der Waals surface area (Å²) < 4.78 is 0. The third-order valence-corrected chi connectivity index (χ3v) is 5.15. The minimum Gasteiger partial charge on any atom is -0.336 e. The standard InChI is InChI=1S/C18H24Cl2N4O2/c1-11(2)18(4,10-21)23-17(26)12(3)24(5)9-16(25)22-13-6-7-14(19)15(20)8-13/h6-8,11-12H,9H2,1-5H3,(H,22,25)(H,23,26)/t12-,18+/m1/s1. The summed E-state index contributed by atoms with van der Waals surface area (Å²) in [6.07, 6.45) is 0. The number of amides is 2. The quantitative estimate of drug-likeness (QED) is 0.737. The monoisotopic (exact) mass is 398 g/mol. The van der Waals surface area contributed by atoms with E-state index in [2.05, 4.69) is 16.7 Å². The van der Waals surface area contributed by atoms with Gasteiger partial charge in [-0.1, -0.05) is 37.0 Å². The molecule has 8 heteroatoms. The maximum atomic E-state index is 12.4. The molecule has 0 radical (unpaired) electrons. The molecule has 1 aromatic carbocycles. The average molecular weight is 399 g/mol. The largest absolute Gasteiger partial charge is 0.336 e. The molecule has 0 aliphatic rings. The molecule has 6 nitrogen and oxygen atoms in total. The Hall–Kier alpha value is -1.81. The lowest BCUT2D eigenvalue weighted by molar-refractivity contribution is -0.128. The molecule has 0 aromatic heterocycles. The van der Waals surface area contributed by atoms with Crippen molar-refractivity contribution in [3.63, 3.8) is 0 Å². The molecule has 2 atom stereocenters. The van der Waals surface area contributed by atoms with Crippen molar-refractivity contribution in [2.24, 2.45) is 5.92 Å². The number of carbonyl (C=O) groups is 2. The Labute approximate surface area is 164 Å². The zero-order valence-corrected chi connectivity index (χ0v) is 17.1. The molecule has 1 aromatic rings. The number of likely N-dealkylation sites (N-methyl/N-ethyl adjacent to an activating group) is 1. The van der Waals surface area contributed by atoms with Crippen LogP contribution in [0.2, 0.25) is 10.0 Å². The molecule has 26 heavy (non-hydrogen) atoms. The Morgan fingerprint density at radius 3 is 2.38 bits per heavy atom. The van der Waals surface area contributed by atoms with Crippen LogP contribution in [0, 0.1) is 17.2 Å². The highest BCUT2D eigenvalue weighted by Gasteiger charge is 2.32. The summed E-state index contributed by atoms with van der Waals surface area (Å²) in [5.74, 6) is -0.656. The second-order valence-electron chi connectivity index (χ2n) is 6.73. The van der Waals surface area contributed by atoms with Gasteiger partial charge in [-0.25, -0.2) is 0 Å². The van der Waals surface area contributed by atoms with Gasteiger partial charge in [-0.15, -0.1) is 0 Å². The molecule has 142 valence electrons. The Kier molecular flexibility index (Phi) is 7.88. The Bertz CT molecular complexity index is 718. The number of halogens is 2. The highest BCUT2D eigenvalue weighted by atomic mass is 35.5. The van der Waals surface area contributed by atoms with Crippen LogP contribution in [0.4, 0.5) is 5.69 Å². The number of nitriles is 1. The third-order valence-electron chi connectivity index (χ3n) is 4.41. The molecule has 2 N–H and O–H groups in total. The van der Waals surface area contributed by atoms with E-state index in [1.54, 1.807) is 44.0 Å². The van der Waals surface area contributed by atoms with E-state index in [0.29, 0.717) is 15.7 Å². The van der Waals surface area contributed by atoms with Gasteiger partial charge in [0.15, 0.2) is 0 Å². The fourth-order valence-electron chi connectivity index (χ4n) is 2.00. The Balaban J connectivity index is 2.66. The Morgan fingerprint density at radius 2 is 1.88 bits per heavy atom. The second kappa shape index (κ2) is 9.22. The van der Waals surface area contributed by atoms with E-state index in [9.17, 15) is 14.9 Å². The predicted octanol–water partition coefficient (Wildman–Crippen LogP) is 3.31. The van der Waals surface area contributed by atoms with Gasteiger partial charge in [0.25, 0.3) is 0 Å². The van der Waals surface area contributed by atoms with Gasteiger partial charge in [-0.2, -0.15) is 5.26 Å². The number of carbonyl (C=O) groups excluding carboxylic acids is 2. The van der Waals surface area contributed by atoms with Crippen LogP contribution in [-0.4, -0.2) is 41.9 Å². The van der Waals surface area contributed by atoms with E-state index in [4.69, 9.17) is 23.2 Å². The lowest BCUT2D eigenvalue weighted by Gasteiger charge is -2.31. The number of nitrogens with one attached hydrogen (secondary N) is 2. The molecule has 1 rings (SSSR count). The molecule has 0 aliphatic heterocycles. The summed E-state index contributed by atoms with van der Waals surface area (Å²) in [6, 6.07) is 6.34. The van der Waals surface area contributed by atoms with Crippen molar-refractivity contribution in [1.29, 1.82) is 5.26 Å². The SMILES string of the molecule is CC(C)[C@](C)(C#N)NC(=O)[C@@H](C)N(C)CC(=O)Nc1ccc(Cl)c(Cl)c1. The normalized spacial score (nSPS) is 14.5. The van der Waals surface area contributed by atoms with Gasteiger partial charge in [0.2, 0.25) is 11.8 Å². The first-order valence-corrected chi connectivity index (χ1v) is 8.94. The number of benzene rings is 1. The molecule has 0 saturated carbocycles. The summed E-state index contributed by atoms with van der Waals surface area (Å²) in [5.41, 5.74) is -0.444. The minimum atomic E-state index is -0.964. The van der Waals surface area contributed by atoms with E-state index >= 15 is 0 Å². The van der Waals surface area contributed by atoms with E-state index in [0.717, 1.165) is 0 Å². The van der Waals surface area contributed by atoms with Gasteiger partial charge in [0.1, 0.15) is 5.54 Å². The van der Waals surface area contributed by atoms with Crippen LogP contribution in [0.15, 0.2) is 18.2 Å². The molecular weight excluding hydrogens is 375 g/mol. The van der Waals surface area contributed by atoms with Gasteiger partial charge >= 0.3 is 0 Å². The Morgan fingerprint density at radius 1 is 1.27 bits per heavy atom. The molecule has 0 spiro atoms. The molecule has 0 fully saturated rings. The van der Waals surface area contributed by atoms with Crippen molar-refractivity contribution in [2.75, 3.05) is 18.9 Å². The van der Waals surface area contributed by atoms with Gasteiger partial charge < -0.3 is 10.6 Å². The topological polar surface area (TPSA) is 85.2 Å². The molecule has 0 heterocycles. The fraction of sp³-hybridized carbons (Fsp3) is 0.500. The molecule has 0 bridgehead atoms. The number of hydrogen-bond acceptors (Lipinski definition) is 4. The fourth-order valence-corrected chi connectivity index (χ4v) is 2.30. The van der Waals surface area contributed by atoms with Gasteiger partial charge in [0.05, 0.1) is 28.7 Å². The first kappa shape index (κ1) is 22.2. The number of anilines is 1. The zero-order chi connectivity index (χ0) is 20.1. The number of rotatable bonds is 7. The van der Waals surface area contributed by atoms with Crippen molar-refractivity contribution in [2.45, 2.75) is 39.3 Å². The van der Waals surface area contributed by atoms with Crippen LogP contribution in [0.3, 0.4) is 0 Å². The van der Waals surface area contributed by atoms with E-state index in [1.807, 2.05) is 13.8 Å². The average Bonchev–Trinajstić information content (AvgIpc) is 2.56. The molecule has 0 saturated heterocycles. The van der Waals surface area contributed by atoms with Gasteiger partial charge in [-0.3, -0.25) is 14.5 Å². The lowest BCUT2D eigenvalue weighted by atomic mass is 9.90. The van der Waals surface area contributed by atoms with Crippen LogP contribution in [0.25, 0.3) is 0 Å². The summed E-state index contributed by atoms with van der Waals surface area (Å²) in [5, 5.41) is 15.5. The molecule has 0 aliphatic carbocycles. The molecule has 0 unspecified atom stereocenters. The number of hydrogen-bond donors (Lipinski definition) is 2. The minimum absolute atomic E-state index is 0.000220. The number of nitrogens with zero attached hydrogens (tertiary/aromatic N) is 2. The highest BCUT2D eigenvalue weighted by molar-refractivity contribution is 6.42. The molecular formula is C18H24Cl2N4O2. The summed E-state index contributed by atoms with van der Waals surface area (Å²) >= 11 is 11.8. The van der Waals surface area contributed by atoms with Crippen molar-refractivity contribution < 1.29 is 9.59 Å². The lowest BCUT2D eigenvalue weighted by Crippen LogP contribution is -2.55. The van der Waals surface area contributed by atoms with Gasteiger partial charge in [0, 0.05) is 5.69 Å². The van der Waals surface area contributed by atoms with E-state index in [-0.39, 0.29) is 24.3 Å². The maximum Gasteiger partial charge on any atom is 0.238 e. The van der Waals surface area contributed by atoms with E-state index in [1.165, 1.54) is 0 Å².